The standard InChI is InChI=1S/C11H19NO3/c13-9-8-12(11(14)15)7-6-10-4-2-1-3-5-10/h9-10H,1-8H2,(H,14,15). The quantitative estimate of drug-likeness (QED) is 0.712. The van der Waals surface area contributed by atoms with E-state index < -0.39 is 6.09 Å². The van der Waals surface area contributed by atoms with Crippen LogP contribution in [-0.2, 0) is 4.79 Å². The monoisotopic (exact) mass is 213 g/mol. The molecule has 1 N–H and O–H groups in total. The molecule has 1 aliphatic rings. The van der Waals surface area contributed by atoms with Crippen LogP contribution >= 0.6 is 0 Å². The number of carbonyl (C=O) groups excluding carboxylic acids is 1. The van der Waals surface area contributed by atoms with E-state index in [-0.39, 0.29) is 6.54 Å². The number of rotatable bonds is 5. The lowest BCUT2D eigenvalue weighted by molar-refractivity contribution is -0.108. The van der Waals surface area contributed by atoms with E-state index in [9.17, 15) is 9.59 Å². The summed E-state index contributed by atoms with van der Waals surface area (Å²) in [5, 5.41) is 8.80. The van der Waals surface area contributed by atoms with E-state index in [1.54, 1.807) is 0 Å². The maximum atomic E-state index is 10.7. The molecule has 86 valence electrons. The third-order valence-electron chi connectivity index (χ3n) is 3.10. The van der Waals surface area contributed by atoms with Crippen LogP contribution in [0.2, 0.25) is 0 Å². The van der Waals surface area contributed by atoms with E-state index in [1.807, 2.05) is 0 Å². The molecule has 0 aliphatic heterocycles. The average molecular weight is 213 g/mol. The van der Waals surface area contributed by atoms with Crippen LogP contribution in [0, 0.1) is 5.92 Å². The fourth-order valence-corrected chi connectivity index (χ4v) is 2.17. The number of carbonyl (C=O) groups is 2. The number of carboxylic acid groups (broad SMARTS) is 1. The van der Waals surface area contributed by atoms with Crippen molar-refractivity contribution >= 4 is 12.4 Å². The maximum absolute atomic E-state index is 10.7. The van der Waals surface area contributed by atoms with Crippen molar-refractivity contribution in [1.82, 2.24) is 4.90 Å². The SMILES string of the molecule is O=CCN(CCC1CCCCC1)C(=O)O. The Morgan fingerprint density at radius 3 is 2.53 bits per heavy atom. The van der Waals surface area contributed by atoms with Crippen molar-refractivity contribution in [3.05, 3.63) is 0 Å². The predicted octanol–water partition coefficient (Wildman–Crippen LogP) is 2.14. The van der Waals surface area contributed by atoms with Gasteiger partial charge < -0.3 is 14.8 Å². The molecule has 1 fully saturated rings. The molecule has 0 aromatic rings. The highest BCUT2D eigenvalue weighted by Crippen LogP contribution is 2.26. The first-order valence-electron chi connectivity index (χ1n) is 5.65. The van der Waals surface area contributed by atoms with Gasteiger partial charge in [-0.2, -0.15) is 0 Å². The largest absolute Gasteiger partial charge is 0.465 e. The first-order valence-corrected chi connectivity index (χ1v) is 5.65. The van der Waals surface area contributed by atoms with Gasteiger partial charge >= 0.3 is 6.09 Å². The first kappa shape index (κ1) is 12.0. The molecule has 0 atom stereocenters. The van der Waals surface area contributed by atoms with Crippen molar-refractivity contribution in [1.29, 1.82) is 0 Å². The van der Waals surface area contributed by atoms with Gasteiger partial charge in [0.05, 0.1) is 6.54 Å². The molecule has 0 bridgehead atoms. The van der Waals surface area contributed by atoms with Crippen molar-refractivity contribution in [3.63, 3.8) is 0 Å². The Morgan fingerprint density at radius 1 is 1.33 bits per heavy atom. The maximum Gasteiger partial charge on any atom is 0.407 e. The van der Waals surface area contributed by atoms with Crippen molar-refractivity contribution in [2.45, 2.75) is 38.5 Å². The lowest BCUT2D eigenvalue weighted by Crippen LogP contribution is -2.33. The molecule has 0 unspecified atom stereocenters. The van der Waals surface area contributed by atoms with E-state index in [0.29, 0.717) is 18.7 Å². The zero-order valence-corrected chi connectivity index (χ0v) is 9.02. The Morgan fingerprint density at radius 2 is 2.00 bits per heavy atom. The summed E-state index contributed by atoms with van der Waals surface area (Å²) in [4.78, 5) is 22.2. The summed E-state index contributed by atoms with van der Waals surface area (Å²) in [7, 11) is 0. The number of nitrogens with zero attached hydrogens (tertiary/aromatic N) is 1. The summed E-state index contributed by atoms with van der Waals surface area (Å²) in [6.07, 6.45) is 6.85. The highest BCUT2D eigenvalue weighted by atomic mass is 16.4. The van der Waals surface area contributed by atoms with Crippen LogP contribution in [0.15, 0.2) is 0 Å². The van der Waals surface area contributed by atoms with Gasteiger partial charge in [-0.3, -0.25) is 0 Å². The van der Waals surface area contributed by atoms with Crippen molar-refractivity contribution in [2.24, 2.45) is 5.92 Å². The molecule has 15 heavy (non-hydrogen) atoms. The molecular weight excluding hydrogens is 194 g/mol. The first-order chi connectivity index (χ1) is 7.24. The Labute approximate surface area is 90.3 Å². The van der Waals surface area contributed by atoms with E-state index in [0.717, 1.165) is 6.42 Å². The molecule has 0 heterocycles. The summed E-state index contributed by atoms with van der Waals surface area (Å²) >= 11 is 0. The third-order valence-corrected chi connectivity index (χ3v) is 3.10. The number of aldehydes is 1. The molecule has 1 saturated carbocycles. The topological polar surface area (TPSA) is 57.6 Å². The van der Waals surface area contributed by atoms with Gasteiger partial charge in [0.25, 0.3) is 0 Å². The van der Waals surface area contributed by atoms with E-state index >= 15 is 0 Å². The van der Waals surface area contributed by atoms with Crippen LogP contribution in [0.4, 0.5) is 4.79 Å². The molecular formula is C11H19NO3. The number of hydrogen-bond donors (Lipinski definition) is 1. The van der Waals surface area contributed by atoms with Gasteiger partial charge in [-0.05, 0) is 12.3 Å². The molecule has 1 rings (SSSR count). The van der Waals surface area contributed by atoms with Gasteiger partial charge in [0.1, 0.15) is 6.29 Å². The van der Waals surface area contributed by atoms with Gasteiger partial charge in [0.2, 0.25) is 0 Å². The zero-order chi connectivity index (χ0) is 11.1. The zero-order valence-electron chi connectivity index (χ0n) is 9.02. The van der Waals surface area contributed by atoms with Crippen molar-refractivity contribution in [3.8, 4) is 0 Å². The molecule has 0 aromatic heterocycles. The normalized spacial score (nSPS) is 17.3. The molecule has 1 aliphatic carbocycles. The van der Waals surface area contributed by atoms with Crippen LogP contribution in [-0.4, -0.2) is 35.5 Å². The molecule has 0 aromatic carbocycles. The summed E-state index contributed by atoms with van der Waals surface area (Å²) < 4.78 is 0. The minimum absolute atomic E-state index is 0.00204. The lowest BCUT2D eigenvalue weighted by Gasteiger charge is -2.24. The fraction of sp³-hybridized carbons (Fsp3) is 0.818. The van der Waals surface area contributed by atoms with Gasteiger partial charge in [-0.15, -0.1) is 0 Å². The molecule has 4 nitrogen and oxygen atoms in total. The highest BCUT2D eigenvalue weighted by molar-refractivity contribution is 5.69. The molecule has 1 amide bonds. The number of hydrogen-bond acceptors (Lipinski definition) is 2. The van der Waals surface area contributed by atoms with Crippen LogP contribution < -0.4 is 0 Å². The van der Waals surface area contributed by atoms with Crippen LogP contribution in [0.5, 0.6) is 0 Å². The molecule has 0 saturated heterocycles. The van der Waals surface area contributed by atoms with Gasteiger partial charge in [0, 0.05) is 6.54 Å². The minimum Gasteiger partial charge on any atom is -0.465 e. The van der Waals surface area contributed by atoms with E-state index in [4.69, 9.17) is 5.11 Å². The van der Waals surface area contributed by atoms with Crippen LogP contribution in [0.3, 0.4) is 0 Å². The Balaban J connectivity index is 2.25. The Hall–Kier alpha value is -1.06. The van der Waals surface area contributed by atoms with Crippen molar-refractivity contribution in [2.75, 3.05) is 13.1 Å². The van der Waals surface area contributed by atoms with Gasteiger partial charge in [-0.25, -0.2) is 4.79 Å². The summed E-state index contributed by atoms with van der Waals surface area (Å²) in [6, 6.07) is 0. The molecule has 0 radical (unpaired) electrons. The van der Waals surface area contributed by atoms with Crippen LogP contribution in [0.25, 0.3) is 0 Å². The third kappa shape index (κ3) is 4.32. The second kappa shape index (κ2) is 6.43. The Kier molecular flexibility index (Phi) is 5.15. The van der Waals surface area contributed by atoms with Crippen LogP contribution in [0.1, 0.15) is 38.5 Å². The fourth-order valence-electron chi connectivity index (χ4n) is 2.17. The second-order valence-corrected chi connectivity index (χ2v) is 4.19. The molecule has 0 spiro atoms. The average Bonchev–Trinajstić information content (AvgIpc) is 2.25. The summed E-state index contributed by atoms with van der Waals surface area (Å²) in [5.41, 5.74) is 0. The minimum atomic E-state index is -0.988. The summed E-state index contributed by atoms with van der Waals surface area (Å²) in [5.74, 6) is 0.659. The predicted molar refractivity (Wildman–Crippen MR) is 56.9 cm³/mol. The van der Waals surface area contributed by atoms with Gasteiger partial charge in [0.15, 0.2) is 0 Å². The van der Waals surface area contributed by atoms with E-state index in [2.05, 4.69) is 0 Å². The molecule has 4 heteroatoms. The summed E-state index contributed by atoms with van der Waals surface area (Å²) in [6.45, 7) is 0.501. The van der Waals surface area contributed by atoms with E-state index in [1.165, 1.54) is 37.0 Å². The Bertz CT molecular complexity index is 212. The smallest absolute Gasteiger partial charge is 0.407 e. The number of amides is 1. The second-order valence-electron chi connectivity index (χ2n) is 4.19. The van der Waals surface area contributed by atoms with Crippen molar-refractivity contribution < 1.29 is 14.7 Å². The van der Waals surface area contributed by atoms with Gasteiger partial charge in [-0.1, -0.05) is 32.1 Å². The highest BCUT2D eigenvalue weighted by Gasteiger charge is 2.16. The lowest BCUT2D eigenvalue weighted by atomic mass is 9.87.